The monoisotopic (exact) mass is 558 g/mol. The van der Waals surface area contributed by atoms with Crippen LogP contribution < -0.4 is 18.9 Å². The van der Waals surface area contributed by atoms with Crippen LogP contribution in [0.5, 0.6) is 23.0 Å². The van der Waals surface area contributed by atoms with Crippen molar-refractivity contribution < 1.29 is 23.7 Å². The second kappa shape index (κ2) is 15.1. The molecule has 0 atom stereocenters. The second-order valence-corrected chi connectivity index (χ2v) is 9.61. The van der Waals surface area contributed by atoms with Gasteiger partial charge in [-0.25, -0.2) is 0 Å². The molecular formula is C37H34O5. The maximum absolute atomic E-state index is 6.29. The zero-order chi connectivity index (χ0) is 28.8. The fraction of sp³-hybridized carbons (Fsp3) is 0.135. The predicted molar refractivity (Wildman–Crippen MR) is 167 cm³/mol. The normalized spacial score (nSPS) is 10.9. The first-order valence-electron chi connectivity index (χ1n) is 13.8. The van der Waals surface area contributed by atoms with Crippen LogP contribution in [-0.4, -0.2) is 13.9 Å². The molecule has 0 unspecified atom stereocenters. The summed E-state index contributed by atoms with van der Waals surface area (Å²) in [4.78, 5) is 0. The Kier molecular flexibility index (Phi) is 10.3. The molecule has 0 saturated heterocycles. The van der Waals surface area contributed by atoms with Crippen molar-refractivity contribution in [3.63, 3.8) is 0 Å². The van der Waals surface area contributed by atoms with E-state index in [0.717, 1.165) is 39.3 Å². The first-order valence-corrected chi connectivity index (χ1v) is 13.8. The quantitative estimate of drug-likeness (QED) is 0.101. The molecule has 0 radical (unpaired) electrons. The highest BCUT2D eigenvalue weighted by molar-refractivity contribution is 5.75. The van der Waals surface area contributed by atoms with Crippen LogP contribution in [0.2, 0.25) is 0 Å². The minimum atomic E-state index is 0.127. The van der Waals surface area contributed by atoms with Gasteiger partial charge in [-0.15, -0.1) is 0 Å². The van der Waals surface area contributed by atoms with Crippen LogP contribution >= 0.6 is 0 Å². The lowest BCUT2D eigenvalue weighted by Crippen LogP contribution is -2.01. The fourth-order valence-corrected chi connectivity index (χ4v) is 4.25. The summed E-state index contributed by atoms with van der Waals surface area (Å²) in [6, 6.07) is 42.0. The van der Waals surface area contributed by atoms with Crippen molar-refractivity contribution in [2.75, 3.05) is 13.9 Å². The van der Waals surface area contributed by atoms with E-state index in [2.05, 4.69) is 0 Å². The maximum Gasteiger partial charge on any atom is 0.188 e. The van der Waals surface area contributed by atoms with E-state index in [1.165, 1.54) is 0 Å². The molecule has 0 fully saturated rings. The van der Waals surface area contributed by atoms with E-state index in [0.29, 0.717) is 31.3 Å². The molecular weight excluding hydrogens is 524 g/mol. The van der Waals surface area contributed by atoms with E-state index in [1.54, 1.807) is 7.11 Å². The minimum absolute atomic E-state index is 0.127. The van der Waals surface area contributed by atoms with Gasteiger partial charge >= 0.3 is 0 Å². The van der Waals surface area contributed by atoms with Crippen molar-refractivity contribution in [3.05, 3.63) is 155 Å². The molecule has 0 heterocycles. The van der Waals surface area contributed by atoms with Gasteiger partial charge in [0.05, 0.1) is 0 Å². The summed E-state index contributed by atoms with van der Waals surface area (Å²) < 4.78 is 29.4. The van der Waals surface area contributed by atoms with Gasteiger partial charge in [0, 0.05) is 30.4 Å². The van der Waals surface area contributed by atoms with E-state index in [4.69, 9.17) is 23.7 Å². The smallest absolute Gasteiger partial charge is 0.188 e. The summed E-state index contributed by atoms with van der Waals surface area (Å²) in [6.07, 6.45) is 4.02. The molecule has 42 heavy (non-hydrogen) atoms. The Hall–Kier alpha value is -5.00. The number of hydrogen-bond donors (Lipinski definition) is 0. The fourth-order valence-electron chi connectivity index (χ4n) is 4.25. The third-order valence-electron chi connectivity index (χ3n) is 6.48. The van der Waals surface area contributed by atoms with Gasteiger partial charge in [-0.3, -0.25) is 0 Å². The number of ether oxygens (including phenoxy) is 5. The third kappa shape index (κ3) is 8.50. The number of rotatable bonds is 14. The summed E-state index contributed by atoms with van der Waals surface area (Å²) in [6.45, 7) is 1.52. The van der Waals surface area contributed by atoms with Crippen LogP contribution in [0.1, 0.15) is 27.8 Å². The Bertz CT molecular complexity index is 1550. The summed E-state index contributed by atoms with van der Waals surface area (Å²) in [5.74, 6) is 2.84. The maximum atomic E-state index is 6.29. The van der Waals surface area contributed by atoms with E-state index in [1.807, 2.05) is 140 Å². The number of hydrogen-bond acceptors (Lipinski definition) is 5. The van der Waals surface area contributed by atoms with Crippen molar-refractivity contribution in [1.29, 1.82) is 0 Å². The molecule has 0 bridgehead atoms. The minimum Gasteiger partial charge on any atom is -0.489 e. The predicted octanol–water partition coefficient (Wildman–Crippen LogP) is 8.58. The van der Waals surface area contributed by atoms with Crippen molar-refractivity contribution in [1.82, 2.24) is 0 Å². The molecule has 0 aliphatic rings. The van der Waals surface area contributed by atoms with Gasteiger partial charge in [0.15, 0.2) is 6.79 Å². The molecule has 5 aromatic carbocycles. The van der Waals surface area contributed by atoms with Gasteiger partial charge in [0.2, 0.25) is 0 Å². The van der Waals surface area contributed by atoms with Crippen LogP contribution in [0.3, 0.4) is 0 Å². The lowest BCUT2D eigenvalue weighted by Gasteiger charge is -2.14. The van der Waals surface area contributed by atoms with Crippen LogP contribution in [0.4, 0.5) is 0 Å². The average Bonchev–Trinajstić information content (AvgIpc) is 3.05. The van der Waals surface area contributed by atoms with Gasteiger partial charge < -0.3 is 23.7 Å². The molecule has 0 aliphatic carbocycles. The van der Waals surface area contributed by atoms with Crippen LogP contribution in [0.25, 0.3) is 12.2 Å². The molecule has 0 N–H and O–H groups in total. The highest BCUT2D eigenvalue weighted by atomic mass is 16.7. The molecule has 0 saturated carbocycles. The second-order valence-electron chi connectivity index (χ2n) is 9.61. The summed E-state index contributed by atoms with van der Waals surface area (Å²) >= 11 is 0. The SMILES string of the molecule is COCOc1cc(OCc2ccccc2)ccc1/C=C/c1ccc(OCc2ccccc2)cc1OCc1ccccc1. The first-order chi connectivity index (χ1) is 20.8. The molecule has 0 spiro atoms. The Morgan fingerprint density at radius 1 is 0.452 bits per heavy atom. The molecule has 0 aliphatic heterocycles. The van der Waals surface area contributed by atoms with Crippen molar-refractivity contribution >= 4 is 12.2 Å². The molecule has 5 heteroatoms. The van der Waals surface area contributed by atoms with Gasteiger partial charge in [0.25, 0.3) is 0 Å². The summed E-state index contributed by atoms with van der Waals surface area (Å²) in [7, 11) is 1.60. The zero-order valence-electron chi connectivity index (χ0n) is 23.6. The van der Waals surface area contributed by atoms with Crippen LogP contribution in [0.15, 0.2) is 127 Å². The zero-order valence-corrected chi connectivity index (χ0v) is 23.6. The lowest BCUT2D eigenvalue weighted by molar-refractivity contribution is 0.0508. The van der Waals surface area contributed by atoms with Gasteiger partial charge in [-0.1, -0.05) is 103 Å². The topological polar surface area (TPSA) is 46.2 Å². The third-order valence-corrected chi connectivity index (χ3v) is 6.48. The molecule has 5 nitrogen and oxygen atoms in total. The highest BCUT2D eigenvalue weighted by Crippen LogP contribution is 2.31. The van der Waals surface area contributed by atoms with E-state index in [9.17, 15) is 0 Å². The van der Waals surface area contributed by atoms with Crippen LogP contribution in [-0.2, 0) is 24.6 Å². The Morgan fingerprint density at radius 2 is 0.857 bits per heavy atom. The molecule has 5 rings (SSSR count). The first kappa shape index (κ1) is 28.5. The van der Waals surface area contributed by atoms with E-state index in [-0.39, 0.29) is 6.79 Å². The molecule has 0 amide bonds. The molecule has 212 valence electrons. The number of benzene rings is 5. The lowest BCUT2D eigenvalue weighted by atomic mass is 10.1. The van der Waals surface area contributed by atoms with Crippen LogP contribution in [0, 0.1) is 0 Å². The molecule has 0 aromatic heterocycles. The number of methoxy groups -OCH3 is 1. The van der Waals surface area contributed by atoms with Gasteiger partial charge in [-0.2, -0.15) is 0 Å². The van der Waals surface area contributed by atoms with Crippen molar-refractivity contribution in [3.8, 4) is 23.0 Å². The Labute approximate surface area is 247 Å². The van der Waals surface area contributed by atoms with E-state index < -0.39 is 0 Å². The van der Waals surface area contributed by atoms with Gasteiger partial charge in [-0.05, 0) is 41.0 Å². The molecule has 5 aromatic rings. The highest BCUT2D eigenvalue weighted by Gasteiger charge is 2.09. The van der Waals surface area contributed by atoms with Crippen molar-refractivity contribution in [2.45, 2.75) is 19.8 Å². The Balaban J connectivity index is 1.35. The summed E-state index contributed by atoms with van der Waals surface area (Å²) in [5.41, 5.74) is 5.09. The van der Waals surface area contributed by atoms with E-state index >= 15 is 0 Å². The standard InChI is InChI=1S/C37H34O5/c1-38-28-42-37-24-35(40-26-30-13-7-3-8-14-30)22-20-33(37)18-17-32-19-21-34(39-25-29-11-5-2-6-12-29)23-36(32)41-27-31-15-9-4-10-16-31/h2-24H,25-28H2,1H3/b18-17+. The average molecular weight is 559 g/mol. The van der Waals surface area contributed by atoms with Gasteiger partial charge in [0.1, 0.15) is 42.8 Å². The summed E-state index contributed by atoms with van der Waals surface area (Å²) in [5, 5.41) is 0. The largest absolute Gasteiger partial charge is 0.489 e. The Morgan fingerprint density at radius 3 is 1.29 bits per heavy atom. The van der Waals surface area contributed by atoms with Crippen molar-refractivity contribution in [2.24, 2.45) is 0 Å².